The Labute approximate surface area is 188 Å². The van der Waals surface area contributed by atoms with Crippen LogP contribution in [0.1, 0.15) is 23.1 Å². The Bertz CT molecular complexity index is 1290. The second kappa shape index (κ2) is 9.24. The van der Waals surface area contributed by atoms with Gasteiger partial charge in [0.15, 0.2) is 0 Å². The van der Waals surface area contributed by atoms with Gasteiger partial charge in [0.25, 0.3) is 0 Å². The van der Waals surface area contributed by atoms with Crippen LogP contribution in [0.3, 0.4) is 0 Å². The van der Waals surface area contributed by atoms with Crippen molar-refractivity contribution in [1.82, 2.24) is 4.57 Å². The van der Waals surface area contributed by atoms with Gasteiger partial charge in [0, 0.05) is 29.3 Å². The van der Waals surface area contributed by atoms with Crippen molar-refractivity contribution in [1.29, 1.82) is 0 Å². The molecular formula is C26H20F3NO3. The van der Waals surface area contributed by atoms with Crippen LogP contribution in [0.5, 0.6) is 5.75 Å². The number of hydrogen-bond donors (Lipinski definition) is 1. The molecule has 0 aliphatic rings. The molecule has 1 N–H and O–H groups in total. The maximum absolute atomic E-state index is 12.5. The van der Waals surface area contributed by atoms with E-state index in [0.29, 0.717) is 12.1 Å². The van der Waals surface area contributed by atoms with E-state index in [-0.39, 0.29) is 12.2 Å². The summed E-state index contributed by atoms with van der Waals surface area (Å²) >= 11 is 0. The lowest BCUT2D eigenvalue weighted by Gasteiger charge is -2.10. The minimum absolute atomic E-state index is 0.0298. The number of benzene rings is 3. The normalized spacial score (nSPS) is 11.8. The maximum Gasteiger partial charge on any atom is 0.573 e. The number of nitrogens with zero attached hydrogens (tertiary/aromatic N) is 1. The lowest BCUT2D eigenvalue weighted by molar-refractivity contribution is -0.274. The molecule has 0 aliphatic carbocycles. The lowest BCUT2D eigenvalue weighted by atomic mass is 10.0. The highest BCUT2D eigenvalue weighted by Gasteiger charge is 2.31. The molecule has 0 unspecified atom stereocenters. The highest BCUT2D eigenvalue weighted by molar-refractivity contribution is 5.93. The summed E-state index contributed by atoms with van der Waals surface area (Å²) in [5.41, 5.74) is 4.35. The molecule has 0 bridgehead atoms. The summed E-state index contributed by atoms with van der Waals surface area (Å²) in [6.45, 7) is 0. The van der Waals surface area contributed by atoms with Crippen LogP contribution in [0.2, 0.25) is 0 Å². The summed E-state index contributed by atoms with van der Waals surface area (Å²) in [6.07, 6.45) is 1.54. The summed E-state index contributed by atoms with van der Waals surface area (Å²) in [5.74, 6) is -1.15. The maximum atomic E-state index is 12.5. The van der Waals surface area contributed by atoms with Gasteiger partial charge < -0.3 is 14.4 Å². The molecule has 0 saturated carbocycles. The third kappa shape index (κ3) is 5.63. The number of fused-ring (bicyclic) bond motifs is 1. The number of carbonyl (C=O) groups is 1. The SMILES string of the molecule is O=C(O)CCc1ccc2c(c1)c(C=Cc1ccccc1)cn2-c1ccc(OC(F)(F)F)cc1. The number of aromatic nitrogens is 1. The van der Waals surface area contributed by atoms with Gasteiger partial charge >= 0.3 is 12.3 Å². The summed E-state index contributed by atoms with van der Waals surface area (Å²) in [4.78, 5) is 11.0. The van der Waals surface area contributed by atoms with E-state index in [2.05, 4.69) is 4.74 Å². The Balaban J connectivity index is 1.74. The van der Waals surface area contributed by atoms with E-state index in [1.165, 1.54) is 12.1 Å². The van der Waals surface area contributed by atoms with Gasteiger partial charge in [-0.05, 0) is 53.9 Å². The first-order chi connectivity index (χ1) is 15.8. The molecule has 0 saturated heterocycles. The molecule has 0 spiro atoms. The summed E-state index contributed by atoms with van der Waals surface area (Å²) in [5, 5.41) is 9.92. The van der Waals surface area contributed by atoms with Crippen molar-refractivity contribution in [3.8, 4) is 11.4 Å². The fourth-order valence-corrected chi connectivity index (χ4v) is 3.61. The van der Waals surface area contributed by atoms with Crippen LogP contribution in [0.4, 0.5) is 13.2 Å². The molecule has 0 radical (unpaired) electrons. The van der Waals surface area contributed by atoms with E-state index in [0.717, 1.165) is 27.6 Å². The lowest BCUT2D eigenvalue weighted by Crippen LogP contribution is -2.17. The van der Waals surface area contributed by atoms with Gasteiger partial charge in [0.1, 0.15) is 5.75 Å². The largest absolute Gasteiger partial charge is 0.573 e. The van der Waals surface area contributed by atoms with Crippen molar-refractivity contribution in [3.05, 3.63) is 95.7 Å². The van der Waals surface area contributed by atoms with Crippen molar-refractivity contribution >= 4 is 29.0 Å². The number of carboxylic acids is 1. The minimum atomic E-state index is -4.75. The second-order valence-corrected chi connectivity index (χ2v) is 7.49. The van der Waals surface area contributed by atoms with E-state index < -0.39 is 12.3 Å². The third-order valence-corrected chi connectivity index (χ3v) is 5.13. The molecule has 168 valence electrons. The first-order valence-corrected chi connectivity index (χ1v) is 10.2. The summed E-state index contributed by atoms with van der Waals surface area (Å²) in [7, 11) is 0. The Morgan fingerprint density at radius 3 is 2.36 bits per heavy atom. The van der Waals surface area contributed by atoms with E-state index in [9.17, 15) is 18.0 Å². The van der Waals surface area contributed by atoms with Gasteiger partial charge in [-0.1, -0.05) is 48.6 Å². The Kier molecular flexibility index (Phi) is 6.22. The van der Waals surface area contributed by atoms with Crippen LogP contribution >= 0.6 is 0 Å². The highest BCUT2D eigenvalue weighted by Crippen LogP contribution is 2.30. The number of aliphatic carboxylic acids is 1. The zero-order chi connectivity index (χ0) is 23.4. The third-order valence-electron chi connectivity index (χ3n) is 5.13. The van der Waals surface area contributed by atoms with Crippen LogP contribution in [-0.2, 0) is 11.2 Å². The topological polar surface area (TPSA) is 51.5 Å². The van der Waals surface area contributed by atoms with Crippen LogP contribution in [0.25, 0.3) is 28.7 Å². The van der Waals surface area contributed by atoms with Gasteiger partial charge in [-0.15, -0.1) is 13.2 Å². The number of aryl methyl sites for hydroxylation is 1. The van der Waals surface area contributed by atoms with Crippen LogP contribution in [-0.4, -0.2) is 22.0 Å². The van der Waals surface area contributed by atoms with Crippen molar-refractivity contribution in [2.45, 2.75) is 19.2 Å². The van der Waals surface area contributed by atoms with Crippen LogP contribution in [0, 0.1) is 0 Å². The molecule has 4 nitrogen and oxygen atoms in total. The van der Waals surface area contributed by atoms with Gasteiger partial charge in [-0.25, -0.2) is 0 Å². The van der Waals surface area contributed by atoms with E-state index >= 15 is 0 Å². The number of hydrogen-bond acceptors (Lipinski definition) is 2. The van der Waals surface area contributed by atoms with Crippen LogP contribution < -0.4 is 4.74 Å². The quantitative estimate of drug-likeness (QED) is 0.340. The predicted molar refractivity (Wildman–Crippen MR) is 121 cm³/mol. The Hall–Kier alpha value is -4.00. The monoisotopic (exact) mass is 451 g/mol. The Morgan fingerprint density at radius 2 is 1.70 bits per heavy atom. The fraction of sp³-hybridized carbons (Fsp3) is 0.115. The first kappa shape index (κ1) is 22.2. The average Bonchev–Trinajstić information content (AvgIpc) is 3.14. The number of halogens is 3. The minimum Gasteiger partial charge on any atom is -0.481 e. The first-order valence-electron chi connectivity index (χ1n) is 10.2. The average molecular weight is 451 g/mol. The van der Waals surface area contributed by atoms with Gasteiger partial charge in [-0.3, -0.25) is 4.79 Å². The molecule has 0 fully saturated rings. The van der Waals surface area contributed by atoms with E-state index in [1.807, 2.05) is 71.4 Å². The number of rotatable bonds is 7. The number of carboxylic acid groups (broad SMARTS) is 1. The molecule has 33 heavy (non-hydrogen) atoms. The van der Waals surface area contributed by atoms with Crippen molar-refractivity contribution in [2.75, 3.05) is 0 Å². The molecule has 7 heteroatoms. The molecule has 0 atom stereocenters. The van der Waals surface area contributed by atoms with Gasteiger partial charge in [0.05, 0.1) is 5.52 Å². The highest BCUT2D eigenvalue weighted by atomic mass is 19.4. The molecule has 0 amide bonds. The number of alkyl halides is 3. The summed E-state index contributed by atoms with van der Waals surface area (Å²) < 4.78 is 43.3. The number of ether oxygens (including phenoxy) is 1. The molecule has 4 aromatic rings. The molecule has 1 aromatic heterocycles. The van der Waals surface area contributed by atoms with Gasteiger partial charge in [-0.2, -0.15) is 0 Å². The van der Waals surface area contributed by atoms with Gasteiger partial charge in [0.2, 0.25) is 0 Å². The molecule has 4 rings (SSSR count). The van der Waals surface area contributed by atoms with Crippen LogP contribution in [0.15, 0.2) is 79.0 Å². The second-order valence-electron chi connectivity index (χ2n) is 7.49. The zero-order valence-corrected chi connectivity index (χ0v) is 17.4. The van der Waals surface area contributed by atoms with Crippen molar-refractivity contribution in [3.63, 3.8) is 0 Å². The Morgan fingerprint density at radius 1 is 0.970 bits per heavy atom. The predicted octanol–water partition coefficient (Wildman–Crippen LogP) is 6.72. The molecular weight excluding hydrogens is 431 g/mol. The molecule has 1 heterocycles. The zero-order valence-electron chi connectivity index (χ0n) is 17.4. The molecule has 3 aromatic carbocycles. The summed E-state index contributed by atoms with van der Waals surface area (Å²) in [6, 6.07) is 21.2. The smallest absolute Gasteiger partial charge is 0.481 e. The van der Waals surface area contributed by atoms with Crippen molar-refractivity contribution < 1.29 is 27.8 Å². The molecule has 0 aliphatic heterocycles. The van der Waals surface area contributed by atoms with E-state index in [1.54, 1.807) is 12.1 Å². The standard InChI is InChI=1S/C26H20F3NO3/c27-26(28,29)33-22-12-10-21(11-13-22)30-17-20(9-6-18-4-2-1-3-5-18)23-16-19(7-14-24(23)30)8-15-25(31)32/h1-7,9-14,16-17H,8,15H2,(H,31,32). The van der Waals surface area contributed by atoms with E-state index in [4.69, 9.17) is 5.11 Å². The van der Waals surface area contributed by atoms with Crippen molar-refractivity contribution in [2.24, 2.45) is 0 Å². The fourth-order valence-electron chi connectivity index (χ4n) is 3.61.